The largest absolute Gasteiger partial charge is 0.459 e. The number of thiocarbonyl (C=S) groups is 1. The number of allylic oxidation sites excluding steroid dienone is 1. The van der Waals surface area contributed by atoms with E-state index in [1.807, 2.05) is 0 Å². The van der Waals surface area contributed by atoms with Crippen LogP contribution in [0.2, 0.25) is 5.02 Å². The van der Waals surface area contributed by atoms with Gasteiger partial charge in [-0.3, -0.25) is 0 Å². The van der Waals surface area contributed by atoms with E-state index < -0.39 is 18.1 Å². The molecule has 1 atom stereocenters. The Balaban J connectivity index is 2.63. The maximum atomic E-state index is 12.8. The Kier molecular flexibility index (Phi) is 6.84. The third-order valence-electron chi connectivity index (χ3n) is 3.74. The zero-order chi connectivity index (χ0) is 20.3. The van der Waals surface area contributed by atoms with Crippen LogP contribution < -0.4 is 5.32 Å². The van der Waals surface area contributed by atoms with Crippen molar-refractivity contribution in [3.8, 4) is 0 Å². The number of ether oxygens (including phenoxy) is 2. The molecular weight excluding hydrogens is 388 g/mol. The van der Waals surface area contributed by atoms with Gasteiger partial charge in [-0.15, -0.1) is 0 Å². The molecule has 0 saturated heterocycles. The monoisotopic (exact) mass is 410 g/mol. The van der Waals surface area contributed by atoms with Crippen LogP contribution >= 0.6 is 23.8 Å². The van der Waals surface area contributed by atoms with Gasteiger partial charge < -0.3 is 14.8 Å². The van der Waals surface area contributed by atoms with Crippen LogP contribution in [0.1, 0.15) is 46.2 Å². The molecule has 0 saturated carbocycles. The highest BCUT2D eigenvalue weighted by molar-refractivity contribution is 7.80. The lowest BCUT2D eigenvalue weighted by molar-refractivity contribution is -0.143. The minimum atomic E-state index is -0.857. The van der Waals surface area contributed by atoms with E-state index in [1.54, 1.807) is 58.9 Å². The first kappa shape index (κ1) is 21.2. The summed E-state index contributed by atoms with van der Waals surface area (Å²) < 4.78 is 10.7. The number of benzene rings is 1. The molecular formula is C19H23ClN2O4S. The lowest BCUT2D eigenvalue weighted by Crippen LogP contribution is -2.51. The molecule has 2 rings (SSSR count). The Morgan fingerprint density at radius 1 is 1.15 bits per heavy atom. The fourth-order valence-corrected chi connectivity index (χ4v) is 3.29. The third kappa shape index (κ3) is 4.78. The standard InChI is InChI=1S/C19H23ClN2O4S/c1-10(2)25-17(23)15-12(5)21-18(27)22(19(24)26-11(3)4)16(15)13-8-6-7-9-14(13)20/h6-11,16H,1-5H3,(H,21,27). The summed E-state index contributed by atoms with van der Waals surface area (Å²) in [5, 5.41) is 3.43. The smallest absolute Gasteiger partial charge is 0.417 e. The van der Waals surface area contributed by atoms with E-state index in [4.69, 9.17) is 33.3 Å². The number of nitrogens with one attached hydrogen (secondary N) is 1. The van der Waals surface area contributed by atoms with Crippen LogP contribution in [0, 0.1) is 0 Å². The van der Waals surface area contributed by atoms with E-state index in [1.165, 1.54) is 4.90 Å². The number of nitrogens with zero attached hydrogens (tertiary/aromatic N) is 1. The Morgan fingerprint density at radius 3 is 2.30 bits per heavy atom. The van der Waals surface area contributed by atoms with Gasteiger partial charge in [-0.05, 0) is 58.5 Å². The van der Waals surface area contributed by atoms with Gasteiger partial charge in [0, 0.05) is 10.7 Å². The normalized spacial score (nSPS) is 17.3. The molecule has 0 radical (unpaired) electrons. The van der Waals surface area contributed by atoms with E-state index in [9.17, 15) is 9.59 Å². The van der Waals surface area contributed by atoms with Gasteiger partial charge in [0.2, 0.25) is 0 Å². The maximum Gasteiger partial charge on any atom is 0.417 e. The second-order valence-electron chi connectivity index (χ2n) is 6.65. The minimum absolute atomic E-state index is 0.129. The summed E-state index contributed by atoms with van der Waals surface area (Å²) in [5.41, 5.74) is 1.31. The van der Waals surface area contributed by atoms with Gasteiger partial charge in [0.1, 0.15) is 6.04 Å². The molecule has 0 spiro atoms. The van der Waals surface area contributed by atoms with Gasteiger partial charge in [0.05, 0.1) is 17.8 Å². The number of hydrogen-bond acceptors (Lipinski definition) is 5. The van der Waals surface area contributed by atoms with E-state index in [0.29, 0.717) is 16.3 Å². The van der Waals surface area contributed by atoms with Crippen molar-refractivity contribution in [2.24, 2.45) is 0 Å². The fraction of sp³-hybridized carbons (Fsp3) is 0.421. The van der Waals surface area contributed by atoms with Gasteiger partial charge in [-0.2, -0.15) is 0 Å². The zero-order valence-corrected chi connectivity index (χ0v) is 17.5. The van der Waals surface area contributed by atoms with E-state index in [0.717, 1.165) is 0 Å². The van der Waals surface area contributed by atoms with Crippen LogP contribution in [0.4, 0.5) is 4.79 Å². The first-order valence-electron chi connectivity index (χ1n) is 8.60. The third-order valence-corrected chi connectivity index (χ3v) is 4.39. The number of hydrogen-bond donors (Lipinski definition) is 1. The molecule has 146 valence electrons. The van der Waals surface area contributed by atoms with Gasteiger partial charge in [0.15, 0.2) is 5.11 Å². The molecule has 0 aromatic heterocycles. The average Bonchev–Trinajstić information content (AvgIpc) is 2.52. The van der Waals surface area contributed by atoms with Gasteiger partial charge in [0.25, 0.3) is 0 Å². The van der Waals surface area contributed by atoms with E-state index in [-0.39, 0.29) is 22.9 Å². The van der Waals surface area contributed by atoms with Gasteiger partial charge in [-0.1, -0.05) is 29.8 Å². The van der Waals surface area contributed by atoms with Crippen LogP contribution in [-0.2, 0) is 14.3 Å². The Labute approximate surface area is 169 Å². The predicted octanol–water partition coefficient (Wildman–Crippen LogP) is 4.34. The first-order chi connectivity index (χ1) is 12.6. The summed E-state index contributed by atoms with van der Waals surface area (Å²) >= 11 is 11.8. The molecule has 0 bridgehead atoms. The van der Waals surface area contributed by atoms with Crippen molar-refractivity contribution >= 4 is 41.0 Å². The fourth-order valence-electron chi connectivity index (χ4n) is 2.72. The number of halogens is 1. The highest BCUT2D eigenvalue weighted by Gasteiger charge is 2.42. The molecule has 1 unspecified atom stereocenters. The van der Waals surface area contributed by atoms with Gasteiger partial charge >= 0.3 is 12.1 Å². The average molecular weight is 411 g/mol. The molecule has 0 fully saturated rings. The zero-order valence-electron chi connectivity index (χ0n) is 15.9. The molecule has 1 aliphatic rings. The molecule has 1 aromatic rings. The number of rotatable bonds is 4. The second-order valence-corrected chi connectivity index (χ2v) is 7.44. The summed E-state index contributed by atoms with van der Waals surface area (Å²) in [6.45, 7) is 8.68. The van der Waals surface area contributed by atoms with Crippen molar-refractivity contribution in [2.75, 3.05) is 0 Å². The molecule has 0 aliphatic carbocycles. The summed E-state index contributed by atoms with van der Waals surface area (Å²) in [6, 6.07) is 6.12. The highest BCUT2D eigenvalue weighted by atomic mass is 35.5. The highest BCUT2D eigenvalue weighted by Crippen LogP contribution is 2.38. The minimum Gasteiger partial charge on any atom is -0.459 e. The van der Waals surface area contributed by atoms with Crippen molar-refractivity contribution < 1.29 is 19.1 Å². The van der Waals surface area contributed by atoms with Crippen molar-refractivity contribution in [3.05, 3.63) is 46.1 Å². The summed E-state index contributed by atoms with van der Waals surface area (Å²) in [7, 11) is 0. The second kappa shape index (κ2) is 8.71. The lowest BCUT2D eigenvalue weighted by atomic mass is 9.94. The topological polar surface area (TPSA) is 67.9 Å². The molecule has 27 heavy (non-hydrogen) atoms. The van der Waals surface area contributed by atoms with Crippen LogP contribution in [0.25, 0.3) is 0 Å². The lowest BCUT2D eigenvalue weighted by Gasteiger charge is -2.38. The Bertz CT molecular complexity index is 792. The first-order valence-corrected chi connectivity index (χ1v) is 9.39. The van der Waals surface area contributed by atoms with Crippen LogP contribution in [0.15, 0.2) is 35.5 Å². The van der Waals surface area contributed by atoms with Crippen molar-refractivity contribution in [2.45, 2.75) is 52.9 Å². The van der Waals surface area contributed by atoms with Crippen LogP contribution in [0.3, 0.4) is 0 Å². The number of carbonyl (C=O) groups excluding carboxylic acids is 2. The molecule has 1 N–H and O–H groups in total. The van der Waals surface area contributed by atoms with Crippen molar-refractivity contribution in [1.29, 1.82) is 0 Å². The van der Waals surface area contributed by atoms with E-state index in [2.05, 4.69) is 5.32 Å². The van der Waals surface area contributed by atoms with Crippen molar-refractivity contribution in [1.82, 2.24) is 10.2 Å². The number of esters is 1. The SMILES string of the molecule is CC1=C(C(=O)OC(C)C)C(c2ccccc2Cl)N(C(=O)OC(C)C)C(=S)N1. The maximum absolute atomic E-state index is 12.8. The Morgan fingerprint density at radius 2 is 1.74 bits per heavy atom. The number of carbonyl (C=O) groups is 2. The van der Waals surface area contributed by atoms with Crippen molar-refractivity contribution in [3.63, 3.8) is 0 Å². The summed E-state index contributed by atoms with van der Waals surface area (Å²) in [5.74, 6) is -0.551. The number of amides is 1. The predicted molar refractivity (Wildman–Crippen MR) is 107 cm³/mol. The van der Waals surface area contributed by atoms with Crippen LogP contribution in [-0.4, -0.2) is 34.3 Å². The molecule has 1 aromatic carbocycles. The molecule has 1 aliphatic heterocycles. The quantitative estimate of drug-likeness (QED) is 0.588. The van der Waals surface area contributed by atoms with Gasteiger partial charge in [-0.25, -0.2) is 14.5 Å². The molecule has 8 heteroatoms. The molecule has 1 amide bonds. The Hall–Kier alpha value is -2.12. The molecule has 1 heterocycles. The van der Waals surface area contributed by atoms with Crippen LogP contribution in [0.5, 0.6) is 0 Å². The molecule has 6 nitrogen and oxygen atoms in total. The summed E-state index contributed by atoms with van der Waals surface area (Å²) in [4.78, 5) is 26.8. The summed E-state index contributed by atoms with van der Waals surface area (Å²) in [6.07, 6.45) is -1.35. The van der Waals surface area contributed by atoms with E-state index >= 15 is 0 Å².